The van der Waals surface area contributed by atoms with E-state index in [-0.39, 0.29) is 23.4 Å². The van der Waals surface area contributed by atoms with Crippen LogP contribution in [0.4, 0.5) is 0 Å². The van der Waals surface area contributed by atoms with Gasteiger partial charge in [-0.2, -0.15) is 0 Å². The van der Waals surface area contributed by atoms with Crippen LogP contribution in [0, 0.1) is 0 Å². The Morgan fingerprint density at radius 2 is 2.35 bits per heavy atom. The van der Waals surface area contributed by atoms with E-state index in [1.165, 1.54) is 6.42 Å². The molecule has 6 heteroatoms. The van der Waals surface area contributed by atoms with Crippen LogP contribution in [-0.4, -0.2) is 34.9 Å². The molecule has 1 aromatic rings. The van der Waals surface area contributed by atoms with Crippen molar-refractivity contribution in [1.82, 2.24) is 4.90 Å². The van der Waals surface area contributed by atoms with E-state index in [1.54, 1.807) is 11.3 Å². The van der Waals surface area contributed by atoms with E-state index < -0.39 is 0 Å². The van der Waals surface area contributed by atoms with Crippen LogP contribution in [-0.2, 0) is 16.1 Å². The Hall–Kier alpha value is -0.290. The Kier molecular flexibility index (Phi) is 4.27. The molecule has 1 aromatic heterocycles. The molecule has 1 spiro atoms. The molecule has 3 nitrogen and oxygen atoms in total. The summed E-state index contributed by atoms with van der Waals surface area (Å²) in [6.07, 6.45) is 4.39. The summed E-state index contributed by atoms with van der Waals surface area (Å²) in [4.78, 5) is 15.0. The maximum atomic E-state index is 12.2. The number of nitrogens with zero attached hydrogens (tertiary/aromatic N) is 1. The molecule has 1 aliphatic carbocycles. The Balaban J connectivity index is 1.73. The molecule has 20 heavy (non-hydrogen) atoms. The zero-order valence-corrected chi connectivity index (χ0v) is 13.4. The lowest BCUT2D eigenvalue weighted by Crippen LogP contribution is -2.43. The second-order valence-corrected chi connectivity index (χ2v) is 7.23. The molecule has 2 aliphatic rings. The van der Waals surface area contributed by atoms with Gasteiger partial charge in [-0.15, -0.1) is 22.9 Å². The van der Waals surface area contributed by atoms with Crippen molar-refractivity contribution in [1.29, 1.82) is 0 Å². The van der Waals surface area contributed by atoms with Crippen LogP contribution in [0.5, 0.6) is 0 Å². The highest BCUT2D eigenvalue weighted by molar-refractivity contribution is 7.10. The first-order chi connectivity index (χ1) is 9.63. The van der Waals surface area contributed by atoms with Gasteiger partial charge < -0.3 is 9.64 Å². The van der Waals surface area contributed by atoms with Crippen molar-refractivity contribution in [2.45, 2.75) is 43.9 Å². The molecule has 0 aromatic carbocycles. The SMILES string of the molecule is O=C(CCl)N(Cc1sccc1Cl)C1COC2(CCC2)C1. The van der Waals surface area contributed by atoms with Gasteiger partial charge in [0.25, 0.3) is 0 Å². The number of carbonyl (C=O) groups excluding carboxylic acids is 1. The third-order valence-corrected chi connectivity index (χ3v) is 5.94. The molecule has 1 atom stereocenters. The fourth-order valence-electron chi connectivity index (χ4n) is 3.03. The normalized spacial score (nSPS) is 23.8. The fraction of sp³-hybridized carbons (Fsp3) is 0.643. The number of rotatable bonds is 4. The number of amides is 1. The van der Waals surface area contributed by atoms with Gasteiger partial charge in [0.05, 0.1) is 29.8 Å². The maximum absolute atomic E-state index is 12.2. The molecular weight excluding hydrogens is 317 g/mol. The van der Waals surface area contributed by atoms with Gasteiger partial charge >= 0.3 is 0 Å². The average molecular weight is 334 g/mol. The first-order valence-electron chi connectivity index (χ1n) is 6.85. The van der Waals surface area contributed by atoms with Crippen molar-refractivity contribution in [3.8, 4) is 0 Å². The number of thiophene rings is 1. The van der Waals surface area contributed by atoms with Crippen LogP contribution in [0.15, 0.2) is 11.4 Å². The standard InChI is InChI=1S/C14H17Cl2NO2S/c15-7-13(18)17(8-12-11(16)2-5-20-12)10-6-14(19-9-10)3-1-4-14/h2,5,10H,1,3-4,6-9H2. The summed E-state index contributed by atoms with van der Waals surface area (Å²) in [5.41, 5.74) is 0.0365. The Bertz CT molecular complexity index is 501. The third-order valence-electron chi connectivity index (χ3n) is 4.33. The molecule has 2 fully saturated rings. The van der Waals surface area contributed by atoms with Crippen LogP contribution in [0.25, 0.3) is 0 Å². The van der Waals surface area contributed by atoms with Crippen LogP contribution in [0.2, 0.25) is 5.02 Å². The van der Waals surface area contributed by atoms with Crippen molar-refractivity contribution in [2.24, 2.45) is 0 Å². The molecule has 3 rings (SSSR count). The maximum Gasteiger partial charge on any atom is 0.238 e. The summed E-state index contributed by atoms with van der Waals surface area (Å²) >= 11 is 13.5. The number of alkyl halides is 1. The third kappa shape index (κ3) is 2.71. The highest BCUT2D eigenvalue weighted by Crippen LogP contribution is 2.44. The van der Waals surface area contributed by atoms with Crippen LogP contribution >= 0.6 is 34.5 Å². The predicted molar refractivity (Wildman–Crippen MR) is 81.5 cm³/mol. The molecule has 1 unspecified atom stereocenters. The molecule has 2 heterocycles. The molecule has 1 aliphatic heterocycles. The highest BCUT2D eigenvalue weighted by atomic mass is 35.5. The van der Waals surface area contributed by atoms with E-state index in [9.17, 15) is 4.79 Å². The predicted octanol–water partition coefficient (Wildman–Crippen LogP) is 3.68. The highest BCUT2D eigenvalue weighted by Gasteiger charge is 2.47. The number of hydrogen-bond acceptors (Lipinski definition) is 3. The Labute approximate surface area is 132 Å². The minimum atomic E-state index is -0.0406. The summed E-state index contributed by atoms with van der Waals surface area (Å²) in [6, 6.07) is 1.99. The number of ether oxygens (including phenoxy) is 1. The van der Waals surface area contributed by atoms with E-state index in [0.717, 1.165) is 29.2 Å². The lowest BCUT2D eigenvalue weighted by molar-refractivity contribution is -0.131. The second-order valence-electron chi connectivity index (χ2n) is 5.55. The van der Waals surface area contributed by atoms with Crippen molar-refractivity contribution < 1.29 is 9.53 Å². The van der Waals surface area contributed by atoms with Crippen LogP contribution < -0.4 is 0 Å². The van der Waals surface area contributed by atoms with Crippen molar-refractivity contribution in [3.05, 3.63) is 21.3 Å². The van der Waals surface area contributed by atoms with Gasteiger partial charge in [-0.3, -0.25) is 4.79 Å². The largest absolute Gasteiger partial charge is 0.373 e. The number of halogens is 2. The van der Waals surface area contributed by atoms with Crippen molar-refractivity contribution >= 4 is 40.4 Å². The molecule has 1 amide bonds. The Morgan fingerprint density at radius 3 is 2.85 bits per heavy atom. The van der Waals surface area contributed by atoms with E-state index >= 15 is 0 Å². The van der Waals surface area contributed by atoms with Gasteiger partial charge in [-0.25, -0.2) is 0 Å². The zero-order chi connectivity index (χ0) is 14.2. The molecule has 1 saturated carbocycles. The van der Waals surface area contributed by atoms with Gasteiger partial charge in [-0.1, -0.05) is 11.6 Å². The van der Waals surface area contributed by atoms with E-state index in [1.807, 2.05) is 16.3 Å². The van der Waals surface area contributed by atoms with Gasteiger partial charge in [0.15, 0.2) is 0 Å². The fourth-order valence-corrected chi connectivity index (χ4v) is 4.28. The molecular formula is C14H17Cl2NO2S. The van der Waals surface area contributed by atoms with Crippen LogP contribution in [0.3, 0.4) is 0 Å². The summed E-state index contributed by atoms with van der Waals surface area (Å²) in [5.74, 6) is -0.0342. The summed E-state index contributed by atoms with van der Waals surface area (Å²) in [7, 11) is 0. The summed E-state index contributed by atoms with van der Waals surface area (Å²) in [5, 5.41) is 2.67. The van der Waals surface area contributed by atoms with E-state index in [2.05, 4.69) is 0 Å². The topological polar surface area (TPSA) is 29.5 Å². The van der Waals surface area contributed by atoms with Gasteiger partial charge in [0, 0.05) is 4.88 Å². The molecule has 1 saturated heterocycles. The van der Waals surface area contributed by atoms with Crippen molar-refractivity contribution in [3.63, 3.8) is 0 Å². The second kappa shape index (κ2) is 5.84. The lowest BCUT2D eigenvalue weighted by atomic mass is 9.77. The summed E-state index contributed by atoms with van der Waals surface area (Å²) in [6.45, 7) is 1.15. The molecule has 0 radical (unpaired) electrons. The van der Waals surface area contributed by atoms with E-state index in [0.29, 0.717) is 13.2 Å². The zero-order valence-electron chi connectivity index (χ0n) is 11.1. The van der Waals surface area contributed by atoms with Crippen LogP contribution in [0.1, 0.15) is 30.6 Å². The minimum absolute atomic E-state index is 0.00644. The van der Waals surface area contributed by atoms with Gasteiger partial charge in [0.1, 0.15) is 5.88 Å². The number of hydrogen-bond donors (Lipinski definition) is 0. The number of carbonyl (C=O) groups is 1. The Morgan fingerprint density at radius 1 is 1.55 bits per heavy atom. The molecule has 0 bridgehead atoms. The average Bonchev–Trinajstić information content (AvgIpc) is 3.01. The molecule has 110 valence electrons. The first kappa shape index (κ1) is 14.6. The molecule has 0 N–H and O–H groups in total. The smallest absolute Gasteiger partial charge is 0.238 e. The van der Waals surface area contributed by atoms with Gasteiger partial charge in [-0.05, 0) is 37.1 Å². The monoisotopic (exact) mass is 333 g/mol. The summed E-state index contributed by atoms with van der Waals surface area (Å²) < 4.78 is 5.95. The minimum Gasteiger partial charge on any atom is -0.373 e. The van der Waals surface area contributed by atoms with Crippen molar-refractivity contribution in [2.75, 3.05) is 12.5 Å². The lowest BCUT2D eigenvalue weighted by Gasteiger charge is -2.37. The first-order valence-corrected chi connectivity index (χ1v) is 8.64. The van der Waals surface area contributed by atoms with E-state index in [4.69, 9.17) is 27.9 Å². The van der Waals surface area contributed by atoms with Gasteiger partial charge in [0.2, 0.25) is 5.91 Å². The quantitative estimate of drug-likeness (QED) is 0.786.